The summed E-state index contributed by atoms with van der Waals surface area (Å²) < 4.78 is 6.05. The average molecular weight is 279 g/mol. The molecule has 0 radical (unpaired) electrons. The highest BCUT2D eigenvalue weighted by molar-refractivity contribution is 5.84. The molecule has 0 aliphatic carbocycles. The maximum atomic E-state index is 6.05. The fourth-order valence-corrected chi connectivity index (χ4v) is 2.81. The van der Waals surface area contributed by atoms with E-state index in [2.05, 4.69) is 68.6 Å². The molecule has 3 aromatic rings. The third-order valence-corrected chi connectivity index (χ3v) is 3.87. The fourth-order valence-electron chi connectivity index (χ4n) is 2.81. The maximum Gasteiger partial charge on any atom is 0.135 e. The van der Waals surface area contributed by atoms with Crippen LogP contribution in [0.3, 0.4) is 0 Å². The lowest BCUT2D eigenvalue weighted by atomic mass is 9.99. The molecule has 0 fully saturated rings. The molecule has 1 heterocycles. The van der Waals surface area contributed by atoms with Gasteiger partial charge >= 0.3 is 0 Å². The number of hydrogen-bond donors (Lipinski definition) is 1. The van der Waals surface area contributed by atoms with Crippen LogP contribution in [0, 0.1) is 6.92 Å². The molecule has 2 nitrogen and oxygen atoms in total. The minimum absolute atomic E-state index is 0.307. The standard InChI is InChI=1S/C19H21NO/c1-4-20-14(3)16-7-5-6-8-17(16)19-12-15-11-13(2)9-10-18(15)21-19/h5-12,14,20H,4H2,1-3H3. The van der Waals surface area contributed by atoms with Gasteiger partial charge in [0, 0.05) is 17.0 Å². The van der Waals surface area contributed by atoms with Gasteiger partial charge in [0.2, 0.25) is 0 Å². The van der Waals surface area contributed by atoms with E-state index in [9.17, 15) is 0 Å². The number of hydrogen-bond acceptors (Lipinski definition) is 2. The Morgan fingerprint density at radius 2 is 1.90 bits per heavy atom. The van der Waals surface area contributed by atoms with Gasteiger partial charge in [0.1, 0.15) is 11.3 Å². The average Bonchev–Trinajstić information content (AvgIpc) is 2.90. The van der Waals surface area contributed by atoms with E-state index in [1.165, 1.54) is 16.7 Å². The predicted octanol–water partition coefficient (Wildman–Crippen LogP) is 5.08. The highest BCUT2D eigenvalue weighted by atomic mass is 16.3. The van der Waals surface area contributed by atoms with Crippen LogP contribution in [0.2, 0.25) is 0 Å². The van der Waals surface area contributed by atoms with E-state index in [-0.39, 0.29) is 0 Å². The second-order valence-electron chi connectivity index (χ2n) is 5.52. The molecule has 3 rings (SSSR count). The monoisotopic (exact) mass is 279 g/mol. The molecule has 1 unspecified atom stereocenters. The Bertz CT molecular complexity index is 757. The van der Waals surface area contributed by atoms with Crippen molar-refractivity contribution >= 4 is 11.0 Å². The normalized spacial score (nSPS) is 12.7. The summed E-state index contributed by atoms with van der Waals surface area (Å²) in [7, 11) is 0. The Kier molecular flexibility index (Phi) is 3.80. The van der Waals surface area contributed by atoms with Gasteiger partial charge in [0.15, 0.2) is 0 Å². The lowest BCUT2D eigenvalue weighted by molar-refractivity contribution is 0.592. The lowest BCUT2D eigenvalue weighted by Crippen LogP contribution is -2.18. The zero-order valence-electron chi connectivity index (χ0n) is 12.8. The van der Waals surface area contributed by atoms with Crippen LogP contribution < -0.4 is 5.32 Å². The van der Waals surface area contributed by atoms with Crippen molar-refractivity contribution in [2.24, 2.45) is 0 Å². The molecule has 1 atom stereocenters. The van der Waals surface area contributed by atoms with Crippen LogP contribution in [0.4, 0.5) is 0 Å². The summed E-state index contributed by atoms with van der Waals surface area (Å²) in [6.07, 6.45) is 0. The van der Waals surface area contributed by atoms with Crippen molar-refractivity contribution in [2.75, 3.05) is 6.54 Å². The number of aryl methyl sites for hydroxylation is 1. The van der Waals surface area contributed by atoms with Crippen molar-refractivity contribution in [1.29, 1.82) is 0 Å². The van der Waals surface area contributed by atoms with Crippen molar-refractivity contribution in [3.05, 3.63) is 59.7 Å². The van der Waals surface area contributed by atoms with E-state index in [1.54, 1.807) is 0 Å². The van der Waals surface area contributed by atoms with Gasteiger partial charge in [-0.3, -0.25) is 0 Å². The highest BCUT2D eigenvalue weighted by Crippen LogP contribution is 2.32. The van der Waals surface area contributed by atoms with Gasteiger partial charge in [-0.15, -0.1) is 0 Å². The Morgan fingerprint density at radius 1 is 1.10 bits per heavy atom. The van der Waals surface area contributed by atoms with E-state index in [0.717, 1.165) is 23.3 Å². The van der Waals surface area contributed by atoms with Crippen LogP contribution in [0.1, 0.15) is 31.0 Å². The molecule has 21 heavy (non-hydrogen) atoms. The van der Waals surface area contributed by atoms with Crippen LogP contribution in [0.5, 0.6) is 0 Å². The first-order valence-electron chi connectivity index (χ1n) is 7.52. The van der Waals surface area contributed by atoms with Gasteiger partial charge in [-0.2, -0.15) is 0 Å². The van der Waals surface area contributed by atoms with Crippen LogP contribution in [-0.2, 0) is 0 Å². The molecule has 108 valence electrons. The van der Waals surface area contributed by atoms with Gasteiger partial charge in [0.05, 0.1) is 0 Å². The van der Waals surface area contributed by atoms with E-state index in [4.69, 9.17) is 4.42 Å². The van der Waals surface area contributed by atoms with Crippen LogP contribution in [0.15, 0.2) is 52.9 Å². The summed E-state index contributed by atoms with van der Waals surface area (Å²) >= 11 is 0. The first kappa shape index (κ1) is 13.9. The summed E-state index contributed by atoms with van der Waals surface area (Å²) in [6, 6.07) is 17.2. The van der Waals surface area contributed by atoms with Crippen LogP contribution in [0.25, 0.3) is 22.3 Å². The van der Waals surface area contributed by atoms with E-state index >= 15 is 0 Å². The lowest BCUT2D eigenvalue weighted by Gasteiger charge is -2.15. The second kappa shape index (κ2) is 5.74. The summed E-state index contributed by atoms with van der Waals surface area (Å²) in [6.45, 7) is 7.38. The molecule has 0 aliphatic rings. The Balaban J connectivity index is 2.09. The molecule has 0 saturated carbocycles. The zero-order valence-corrected chi connectivity index (χ0v) is 12.8. The molecule has 2 heteroatoms. The minimum atomic E-state index is 0.307. The number of benzene rings is 2. The first-order valence-corrected chi connectivity index (χ1v) is 7.52. The van der Waals surface area contributed by atoms with Gasteiger partial charge < -0.3 is 9.73 Å². The second-order valence-corrected chi connectivity index (χ2v) is 5.52. The van der Waals surface area contributed by atoms with Gasteiger partial charge in [-0.25, -0.2) is 0 Å². The van der Waals surface area contributed by atoms with Crippen molar-refractivity contribution in [2.45, 2.75) is 26.8 Å². The molecule has 2 aromatic carbocycles. The Labute approximate surface area is 125 Å². The molecular weight excluding hydrogens is 258 g/mol. The predicted molar refractivity (Wildman–Crippen MR) is 88.5 cm³/mol. The fraction of sp³-hybridized carbons (Fsp3) is 0.263. The SMILES string of the molecule is CCNC(C)c1ccccc1-c1cc2cc(C)ccc2o1. The third-order valence-electron chi connectivity index (χ3n) is 3.87. The molecule has 0 saturated heterocycles. The summed E-state index contributed by atoms with van der Waals surface area (Å²) in [5, 5.41) is 4.64. The van der Waals surface area contributed by atoms with Gasteiger partial charge in [-0.05, 0) is 44.2 Å². The number of rotatable bonds is 4. The van der Waals surface area contributed by atoms with Crippen molar-refractivity contribution in [3.63, 3.8) is 0 Å². The van der Waals surface area contributed by atoms with Gasteiger partial charge in [-0.1, -0.05) is 42.8 Å². The van der Waals surface area contributed by atoms with E-state index in [1.807, 2.05) is 6.07 Å². The Hall–Kier alpha value is -2.06. The number of furan rings is 1. The molecule has 0 aliphatic heterocycles. The summed E-state index contributed by atoms with van der Waals surface area (Å²) in [5.74, 6) is 0.941. The van der Waals surface area contributed by atoms with Crippen molar-refractivity contribution < 1.29 is 4.42 Å². The smallest absolute Gasteiger partial charge is 0.135 e. The van der Waals surface area contributed by atoms with E-state index in [0.29, 0.717) is 6.04 Å². The zero-order chi connectivity index (χ0) is 14.8. The molecular formula is C19H21NO. The Morgan fingerprint density at radius 3 is 2.71 bits per heavy atom. The summed E-state index contributed by atoms with van der Waals surface area (Å²) in [5.41, 5.74) is 4.64. The minimum Gasteiger partial charge on any atom is -0.456 e. The maximum absolute atomic E-state index is 6.05. The third kappa shape index (κ3) is 2.72. The topological polar surface area (TPSA) is 25.2 Å². The number of fused-ring (bicyclic) bond motifs is 1. The molecule has 0 amide bonds. The van der Waals surface area contributed by atoms with Crippen LogP contribution in [-0.4, -0.2) is 6.54 Å². The quantitative estimate of drug-likeness (QED) is 0.720. The molecule has 1 aromatic heterocycles. The summed E-state index contributed by atoms with van der Waals surface area (Å²) in [4.78, 5) is 0. The van der Waals surface area contributed by atoms with Crippen molar-refractivity contribution in [3.8, 4) is 11.3 Å². The largest absolute Gasteiger partial charge is 0.456 e. The van der Waals surface area contributed by atoms with Crippen molar-refractivity contribution in [1.82, 2.24) is 5.32 Å². The number of nitrogens with one attached hydrogen (secondary N) is 1. The molecule has 0 bridgehead atoms. The molecule has 1 N–H and O–H groups in total. The van der Waals surface area contributed by atoms with Crippen LogP contribution >= 0.6 is 0 Å². The molecule has 0 spiro atoms. The first-order chi connectivity index (χ1) is 10.2. The highest BCUT2D eigenvalue weighted by Gasteiger charge is 2.14. The van der Waals surface area contributed by atoms with E-state index < -0.39 is 0 Å². The van der Waals surface area contributed by atoms with Gasteiger partial charge in [0.25, 0.3) is 0 Å².